The maximum Gasteiger partial charge on any atom is 0.210 e. The fourth-order valence-electron chi connectivity index (χ4n) is 4.59. The number of halogens is 1. The van der Waals surface area contributed by atoms with Gasteiger partial charge in [-0.3, -0.25) is 4.40 Å². The quantitative estimate of drug-likeness (QED) is 0.384. The highest BCUT2D eigenvalue weighted by Gasteiger charge is 2.20. The Morgan fingerprint density at radius 2 is 1.91 bits per heavy atom. The van der Waals surface area contributed by atoms with E-state index in [4.69, 9.17) is 9.47 Å². The molecule has 1 aromatic carbocycles. The van der Waals surface area contributed by atoms with Crippen molar-refractivity contribution in [3.05, 3.63) is 55.0 Å². The number of fused-ring (bicyclic) bond motifs is 2. The molecule has 0 N–H and O–H groups in total. The highest BCUT2D eigenvalue weighted by molar-refractivity contribution is 5.90. The third-order valence-electron chi connectivity index (χ3n) is 6.44. The molecule has 1 aliphatic heterocycles. The number of benzene rings is 1. The molecule has 5 heterocycles. The number of ether oxygens (including phenoxy) is 2. The number of hydrogen-bond acceptors (Lipinski definition) is 7. The fourth-order valence-corrected chi connectivity index (χ4v) is 4.59. The van der Waals surface area contributed by atoms with Crippen molar-refractivity contribution in [2.45, 2.75) is 13.5 Å². The van der Waals surface area contributed by atoms with Crippen LogP contribution in [0, 0.1) is 5.82 Å². The number of aromatic nitrogens is 6. The van der Waals surface area contributed by atoms with Gasteiger partial charge in [-0.2, -0.15) is 5.10 Å². The molecule has 6 rings (SSSR count). The Hall–Kier alpha value is -4.05. The van der Waals surface area contributed by atoms with E-state index < -0.39 is 0 Å². The van der Waals surface area contributed by atoms with Gasteiger partial charge in [0.15, 0.2) is 5.65 Å². The van der Waals surface area contributed by atoms with Gasteiger partial charge in [0.2, 0.25) is 5.95 Å². The molecular formula is C25H24FN7O2. The average Bonchev–Trinajstić information content (AvgIpc) is 3.52. The summed E-state index contributed by atoms with van der Waals surface area (Å²) < 4.78 is 30.3. The summed E-state index contributed by atoms with van der Waals surface area (Å²) in [6, 6.07) is 6.92. The lowest BCUT2D eigenvalue weighted by Crippen LogP contribution is -2.37. The molecule has 0 atom stereocenters. The number of hydrogen-bond donors (Lipinski definition) is 0. The van der Waals surface area contributed by atoms with E-state index in [1.165, 1.54) is 6.07 Å². The van der Waals surface area contributed by atoms with Gasteiger partial charge in [-0.15, -0.1) is 5.10 Å². The van der Waals surface area contributed by atoms with Gasteiger partial charge in [0.25, 0.3) is 0 Å². The number of nitrogens with zero attached hydrogens (tertiary/aromatic N) is 7. The summed E-state index contributed by atoms with van der Waals surface area (Å²) in [5.41, 5.74) is 4.94. The zero-order valence-corrected chi connectivity index (χ0v) is 19.5. The summed E-state index contributed by atoms with van der Waals surface area (Å²) in [5.74, 6) is 1.02. The number of morpholine rings is 1. The van der Waals surface area contributed by atoms with E-state index in [0.29, 0.717) is 35.7 Å². The van der Waals surface area contributed by atoms with Crippen LogP contribution in [0.3, 0.4) is 0 Å². The maximum absolute atomic E-state index is 15.2. The molecule has 1 saturated heterocycles. The van der Waals surface area contributed by atoms with E-state index in [2.05, 4.69) is 25.1 Å². The minimum Gasteiger partial charge on any atom is -0.495 e. The van der Waals surface area contributed by atoms with Gasteiger partial charge in [0.1, 0.15) is 17.1 Å². The lowest BCUT2D eigenvalue weighted by molar-refractivity contribution is 0.122. The molecule has 0 aliphatic carbocycles. The third kappa shape index (κ3) is 3.57. The minimum atomic E-state index is -0.346. The van der Waals surface area contributed by atoms with E-state index in [0.717, 1.165) is 47.7 Å². The van der Waals surface area contributed by atoms with Crippen molar-refractivity contribution in [3.63, 3.8) is 0 Å². The predicted molar refractivity (Wildman–Crippen MR) is 130 cm³/mol. The third-order valence-corrected chi connectivity index (χ3v) is 6.44. The molecule has 0 spiro atoms. The molecule has 0 bridgehead atoms. The van der Waals surface area contributed by atoms with Crippen LogP contribution in [0.4, 0.5) is 10.3 Å². The predicted octanol–water partition coefficient (Wildman–Crippen LogP) is 3.81. The molecule has 10 heteroatoms. The molecule has 4 aromatic heterocycles. The molecule has 0 unspecified atom stereocenters. The lowest BCUT2D eigenvalue weighted by Gasteiger charge is -2.27. The molecule has 0 amide bonds. The van der Waals surface area contributed by atoms with E-state index in [1.807, 2.05) is 34.2 Å². The van der Waals surface area contributed by atoms with Crippen molar-refractivity contribution >= 4 is 22.6 Å². The molecule has 0 saturated carbocycles. The van der Waals surface area contributed by atoms with Crippen molar-refractivity contribution in [2.24, 2.45) is 0 Å². The second-order valence-electron chi connectivity index (χ2n) is 8.36. The highest BCUT2D eigenvalue weighted by atomic mass is 19.1. The summed E-state index contributed by atoms with van der Waals surface area (Å²) in [6.07, 6.45) is 7.07. The number of pyridine rings is 1. The number of anilines is 1. The summed E-state index contributed by atoms with van der Waals surface area (Å²) in [4.78, 5) is 11.3. The monoisotopic (exact) mass is 473 g/mol. The number of imidazole rings is 2. The Morgan fingerprint density at radius 1 is 1.06 bits per heavy atom. The largest absolute Gasteiger partial charge is 0.495 e. The molecule has 1 fully saturated rings. The van der Waals surface area contributed by atoms with Crippen LogP contribution in [0.5, 0.6) is 5.75 Å². The van der Waals surface area contributed by atoms with Gasteiger partial charge in [0, 0.05) is 36.3 Å². The Balaban J connectivity index is 1.48. The summed E-state index contributed by atoms with van der Waals surface area (Å²) in [5, 5.41) is 8.40. The van der Waals surface area contributed by atoms with Gasteiger partial charge in [-0.1, -0.05) is 6.07 Å². The number of methoxy groups -OCH3 is 1. The Labute approximate surface area is 200 Å². The van der Waals surface area contributed by atoms with E-state index >= 15 is 4.39 Å². The van der Waals surface area contributed by atoms with Crippen molar-refractivity contribution < 1.29 is 13.9 Å². The first-order chi connectivity index (χ1) is 17.2. The number of rotatable bonds is 5. The van der Waals surface area contributed by atoms with Crippen LogP contribution in [0.25, 0.3) is 38.9 Å². The molecular weight excluding hydrogens is 449 g/mol. The standard InChI is InChI=1S/C25H24FN7O2/c1-3-31-15-28-23-20(13-29-30-24(23)31)16-4-5-21(26)18(10-16)19-11-17-12-27-25(32-6-8-35-9-7-32)33(17)14-22(19)34-2/h4-5,10-15H,3,6-9H2,1-2H3. The van der Waals surface area contributed by atoms with Gasteiger partial charge in [-0.05, 0) is 30.7 Å². The normalized spacial score (nSPS) is 14.2. The van der Waals surface area contributed by atoms with Crippen molar-refractivity contribution in [1.82, 2.24) is 29.1 Å². The van der Waals surface area contributed by atoms with Crippen molar-refractivity contribution in [2.75, 3.05) is 38.3 Å². The first-order valence-corrected chi connectivity index (χ1v) is 11.5. The summed E-state index contributed by atoms with van der Waals surface area (Å²) in [7, 11) is 1.59. The SMILES string of the molecule is CCn1cnc2c(-c3ccc(F)c(-c4cc5cnc(N6CCOCC6)n5cc4OC)c3)cnnc21. The van der Waals surface area contributed by atoms with Gasteiger partial charge >= 0.3 is 0 Å². The highest BCUT2D eigenvalue weighted by Crippen LogP contribution is 2.37. The van der Waals surface area contributed by atoms with Gasteiger partial charge in [-0.25, -0.2) is 14.4 Å². The van der Waals surface area contributed by atoms with Crippen LogP contribution in [0.15, 0.2) is 49.2 Å². The topological polar surface area (TPSA) is 82.6 Å². The minimum absolute atomic E-state index is 0.346. The van der Waals surface area contributed by atoms with Crippen LogP contribution >= 0.6 is 0 Å². The molecule has 5 aromatic rings. The second-order valence-corrected chi connectivity index (χ2v) is 8.36. The molecule has 1 aliphatic rings. The number of aryl methyl sites for hydroxylation is 1. The van der Waals surface area contributed by atoms with Crippen molar-refractivity contribution in [1.29, 1.82) is 0 Å². The van der Waals surface area contributed by atoms with E-state index in [9.17, 15) is 0 Å². The fraction of sp³-hybridized carbons (Fsp3) is 0.280. The van der Waals surface area contributed by atoms with Gasteiger partial charge < -0.3 is 18.9 Å². The first-order valence-electron chi connectivity index (χ1n) is 11.5. The molecule has 178 valence electrons. The van der Waals surface area contributed by atoms with Crippen LogP contribution in [0.1, 0.15) is 6.92 Å². The zero-order chi connectivity index (χ0) is 23.9. The molecule has 0 radical (unpaired) electrons. The Bertz CT molecular complexity index is 1540. The lowest BCUT2D eigenvalue weighted by atomic mass is 9.99. The van der Waals surface area contributed by atoms with Gasteiger partial charge in [0.05, 0.1) is 50.8 Å². The van der Waals surface area contributed by atoms with Crippen LogP contribution in [-0.4, -0.2) is 62.5 Å². The average molecular weight is 474 g/mol. The Morgan fingerprint density at radius 3 is 2.71 bits per heavy atom. The summed E-state index contributed by atoms with van der Waals surface area (Å²) in [6.45, 7) is 5.61. The first kappa shape index (κ1) is 21.5. The van der Waals surface area contributed by atoms with Crippen molar-refractivity contribution in [3.8, 4) is 28.0 Å². The summed E-state index contributed by atoms with van der Waals surface area (Å²) >= 11 is 0. The van der Waals surface area contributed by atoms with Crippen LogP contribution < -0.4 is 9.64 Å². The smallest absolute Gasteiger partial charge is 0.210 e. The zero-order valence-electron chi connectivity index (χ0n) is 19.5. The van der Waals surface area contributed by atoms with E-state index in [-0.39, 0.29) is 5.82 Å². The second kappa shape index (κ2) is 8.62. The molecule has 9 nitrogen and oxygen atoms in total. The van der Waals surface area contributed by atoms with Crippen LogP contribution in [-0.2, 0) is 11.3 Å². The maximum atomic E-state index is 15.2. The Kier molecular flexibility index (Phi) is 5.29. The molecule has 35 heavy (non-hydrogen) atoms. The van der Waals surface area contributed by atoms with E-state index in [1.54, 1.807) is 31.9 Å². The van der Waals surface area contributed by atoms with Crippen LogP contribution in [0.2, 0.25) is 0 Å².